The topological polar surface area (TPSA) is 66.4 Å². The fraction of sp³-hybridized carbons (Fsp3) is 0.300. The maximum Gasteiger partial charge on any atom is 0.261 e. The second-order valence-corrected chi connectivity index (χ2v) is 6.69. The molecule has 3 rings (SSSR count). The van der Waals surface area contributed by atoms with Crippen molar-refractivity contribution in [1.29, 1.82) is 0 Å². The Kier molecular flexibility index (Phi) is 4.01. The molecule has 2 N–H and O–H groups in total. The number of aliphatic hydroxyl groups is 1. The largest absolute Gasteiger partial charge is 0.375 e. The van der Waals surface area contributed by atoms with Gasteiger partial charge in [0.25, 0.3) is 5.91 Å². The van der Waals surface area contributed by atoms with Crippen LogP contribution in [0.2, 0.25) is 0 Å². The third-order valence-electron chi connectivity index (χ3n) is 4.65. The van der Waals surface area contributed by atoms with Crippen molar-refractivity contribution in [3.05, 3.63) is 64.7 Å². The summed E-state index contributed by atoms with van der Waals surface area (Å²) in [7, 11) is 0. The van der Waals surface area contributed by atoms with E-state index in [0.29, 0.717) is 22.7 Å². The molecule has 0 fully saturated rings. The molecular weight excluding hydrogens is 302 g/mol. The lowest BCUT2D eigenvalue weighted by molar-refractivity contribution is -0.133. The van der Waals surface area contributed by atoms with Gasteiger partial charge in [0, 0.05) is 11.1 Å². The molecule has 0 saturated heterocycles. The first kappa shape index (κ1) is 16.4. The number of Topliss-reactive ketones (excluding diaryl/α,β-unsaturated/α-hetero) is 1. The van der Waals surface area contributed by atoms with Crippen molar-refractivity contribution in [2.45, 2.75) is 38.7 Å². The maximum absolute atomic E-state index is 12.6. The van der Waals surface area contributed by atoms with Crippen molar-refractivity contribution in [3.63, 3.8) is 0 Å². The number of amides is 1. The monoisotopic (exact) mass is 323 g/mol. The lowest BCUT2D eigenvalue weighted by Gasteiger charge is -2.20. The molecule has 4 heteroatoms. The zero-order chi connectivity index (χ0) is 17.5. The normalized spacial score (nSPS) is 19.3. The molecule has 24 heavy (non-hydrogen) atoms. The van der Waals surface area contributed by atoms with Crippen LogP contribution in [0.1, 0.15) is 53.2 Å². The van der Waals surface area contributed by atoms with Crippen molar-refractivity contribution in [2.75, 3.05) is 5.32 Å². The second-order valence-electron chi connectivity index (χ2n) is 6.69. The molecular formula is C20H21NO3. The van der Waals surface area contributed by atoms with Crippen molar-refractivity contribution in [1.82, 2.24) is 0 Å². The Labute approximate surface area is 141 Å². The molecule has 0 saturated carbocycles. The van der Waals surface area contributed by atoms with E-state index in [9.17, 15) is 14.7 Å². The minimum Gasteiger partial charge on any atom is -0.375 e. The van der Waals surface area contributed by atoms with E-state index < -0.39 is 11.5 Å². The summed E-state index contributed by atoms with van der Waals surface area (Å²) in [5, 5.41) is 13.6. The number of aryl methyl sites for hydroxylation is 1. The predicted octanol–water partition coefficient (Wildman–Crippen LogP) is 3.53. The minimum absolute atomic E-state index is 0.252. The van der Waals surface area contributed by atoms with Gasteiger partial charge in [-0.1, -0.05) is 56.3 Å². The van der Waals surface area contributed by atoms with Crippen molar-refractivity contribution in [3.8, 4) is 0 Å². The number of carbonyl (C=O) groups is 2. The highest BCUT2D eigenvalue weighted by atomic mass is 16.3. The molecule has 2 aromatic carbocycles. The van der Waals surface area contributed by atoms with Gasteiger partial charge >= 0.3 is 0 Å². The molecule has 0 spiro atoms. The molecule has 0 aromatic heterocycles. The summed E-state index contributed by atoms with van der Waals surface area (Å²) in [6, 6.07) is 12.7. The Bertz CT molecular complexity index is 808. The Morgan fingerprint density at radius 1 is 1.17 bits per heavy atom. The molecule has 2 aromatic rings. The number of benzene rings is 2. The zero-order valence-electron chi connectivity index (χ0n) is 14.1. The highest BCUT2D eigenvalue weighted by molar-refractivity contribution is 6.09. The molecule has 1 amide bonds. The number of fused-ring (bicyclic) bond motifs is 1. The van der Waals surface area contributed by atoms with Crippen LogP contribution in [-0.4, -0.2) is 16.8 Å². The van der Waals surface area contributed by atoms with Crippen LogP contribution in [0.25, 0.3) is 0 Å². The van der Waals surface area contributed by atoms with Crippen molar-refractivity contribution >= 4 is 17.4 Å². The van der Waals surface area contributed by atoms with Gasteiger partial charge in [-0.15, -0.1) is 0 Å². The zero-order valence-corrected chi connectivity index (χ0v) is 14.1. The number of hydrogen-bond acceptors (Lipinski definition) is 3. The highest BCUT2D eigenvalue weighted by Gasteiger charge is 2.47. The molecule has 1 aliphatic rings. The van der Waals surface area contributed by atoms with Crippen LogP contribution in [0.4, 0.5) is 5.69 Å². The van der Waals surface area contributed by atoms with Crippen LogP contribution >= 0.6 is 0 Å². The highest BCUT2D eigenvalue weighted by Crippen LogP contribution is 2.40. The minimum atomic E-state index is -1.81. The van der Waals surface area contributed by atoms with Crippen molar-refractivity contribution < 1.29 is 14.7 Å². The Morgan fingerprint density at radius 3 is 2.46 bits per heavy atom. The number of ketones is 1. The molecule has 1 heterocycles. The molecule has 0 radical (unpaired) electrons. The summed E-state index contributed by atoms with van der Waals surface area (Å²) >= 11 is 0. The summed E-state index contributed by atoms with van der Waals surface area (Å²) in [5.41, 5.74) is 1.78. The van der Waals surface area contributed by atoms with Gasteiger partial charge in [0.05, 0.1) is 12.1 Å². The SMILES string of the molecule is Cc1cccc2c1NC(=O)[C@@]2(O)CC(=O)c1ccc(C(C)C)cc1. The van der Waals surface area contributed by atoms with Gasteiger partial charge in [-0.3, -0.25) is 9.59 Å². The van der Waals surface area contributed by atoms with Crippen LogP contribution in [0.5, 0.6) is 0 Å². The van der Waals surface area contributed by atoms with E-state index in [1.807, 2.05) is 25.1 Å². The number of para-hydroxylation sites is 1. The number of rotatable bonds is 4. The fourth-order valence-corrected chi connectivity index (χ4v) is 3.08. The van der Waals surface area contributed by atoms with E-state index in [1.165, 1.54) is 0 Å². The number of anilines is 1. The predicted molar refractivity (Wildman–Crippen MR) is 93.2 cm³/mol. The Morgan fingerprint density at radius 2 is 1.83 bits per heavy atom. The van der Waals surface area contributed by atoms with Crippen molar-refractivity contribution in [2.24, 2.45) is 0 Å². The van der Waals surface area contributed by atoms with E-state index in [4.69, 9.17) is 0 Å². The number of hydrogen-bond donors (Lipinski definition) is 2. The van der Waals surface area contributed by atoms with Crippen LogP contribution < -0.4 is 5.32 Å². The summed E-state index contributed by atoms with van der Waals surface area (Å²) in [6.45, 7) is 6.03. The van der Waals surface area contributed by atoms with E-state index in [1.54, 1.807) is 24.3 Å². The third-order valence-corrected chi connectivity index (χ3v) is 4.65. The maximum atomic E-state index is 12.6. The number of carbonyl (C=O) groups excluding carboxylic acids is 2. The first-order valence-electron chi connectivity index (χ1n) is 8.10. The van der Waals surface area contributed by atoms with Gasteiger partial charge in [0.2, 0.25) is 0 Å². The van der Waals surface area contributed by atoms with Crippen LogP contribution in [0.15, 0.2) is 42.5 Å². The molecule has 1 aliphatic heterocycles. The average Bonchev–Trinajstić information content (AvgIpc) is 2.80. The molecule has 1 atom stereocenters. The molecule has 4 nitrogen and oxygen atoms in total. The van der Waals surface area contributed by atoms with Crippen LogP contribution in [0.3, 0.4) is 0 Å². The molecule has 0 aliphatic carbocycles. The van der Waals surface area contributed by atoms with Crippen LogP contribution in [0, 0.1) is 6.92 Å². The van der Waals surface area contributed by atoms with Gasteiger partial charge < -0.3 is 10.4 Å². The summed E-state index contributed by atoms with van der Waals surface area (Å²) in [6.07, 6.45) is -0.268. The summed E-state index contributed by atoms with van der Waals surface area (Å²) < 4.78 is 0. The molecule has 0 bridgehead atoms. The Balaban J connectivity index is 1.89. The van der Waals surface area contributed by atoms with E-state index in [2.05, 4.69) is 19.2 Å². The lowest BCUT2D eigenvalue weighted by Crippen LogP contribution is -2.36. The van der Waals surface area contributed by atoms with Gasteiger partial charge in [-0.05, 0) is 24.0 Å². The first-order valence-corrected chi connectivity index (χ1v) is 8.10. The van der Waals surface area contributed by atoms with E-state index in [-0.39, 0.29) is 12.2 Å². The Hall–Kier alpha value is -2.46. The molecule has 124 valence electrons. The second kappa shape index (κ2) is 5.87. The van der Waals surface area contributed by atoms with E-state index >= 15 is 0 Å². The van der Waals surface area contributed by atoms with Crippen LogP contribution in [-0.2, 0) is 10.4 Å². The fourth-order valence-electron chi connectivity index (χ4n) is 3.08. The third kappa shape index (κ3) is 2.63. The quantitative estimate of drug-likeness (QED) is 0.846. The first-order chi connectivity index (χ1) is 11.3. The summed E-state index contributed by atoms with van der Waals surface area (Å²) in [5.74, 6) is -0.412. The van der Waals surface area contributed by atoms with Gasteiger partial charge in [0.15, 0.2) is 11.4 Å². The molecule has 0 unspecified atom stereocenters. The van der Waals surface area contributed by atoms with Gasteiger partial charge in [-0.2, -0.15) is 0 Å². The smallest absolute Gasteiger partial charge is 0.261 e. The van der Waals surface area contributed by atoms with Gasteiger partial charge in [-0.25, -0.2) is 0 Å². The van der Waals surface area contributed by atoms with Gasteiger partial charge in [0.1, 0.15) is 0 Å². The average molecular weight is 323 g/mol. The van der Waals surface area contributed by atoms with E-state index in [0.717, 1.165) is 11.1 Å². The summed E-state index contributed by atoms with van der Waals surface area (Å²) in [4.78, 5) is 24.9. The number of nitrogens with one attached hydrogen (secondary N) is 1. The standard InChI is InChI=1S/C20H21NO3/c1-12(2)14-7-9-15(10-8-14)17(22)11-20(24)16-6-4-5-13(3)18(16)21-19(20)23/h4-10,12,24H,11H2,1-3H3,(H,21,23)/t20-/m1/s1. The lowest BCUT2D eigenvalue weighted by atomic mass is 9.87.